The van der Waals surface area contributed by atoms with Crippen molar-refractivity contribution in [3.63, 3.8) is 0 Å². The van der Waals surface area contributed by atoms with Crippen LogP contribution in [-0.2, 0) is 0 Å². The Morgan fingerprint density at radius 3 is 2.47 bits per heavy atom. The summed E-state index contributed by atoms with van der Waals surface area (Å²) >= 11 is 5.77. The molecule has 1 rings (SSSR count). The smallest absolute Gasteiger partial charge is 0.223 e. The molecule has 92 valence electrons. The summed E-state index contributed by atoms with van der Waals surface area (Å²) in [4.78, 5) is 20.2. The lowest BCUT2D eigenvalue weighted by Gasteiger charge is -2.14. The molecule has 2 atom stereocenters. The van der Waals surface area contributed by atoms with Gasteiger partial charge in [0.2, 0.25) is 12.6 Å². The van der Waals surface area contributed by atoms with Crippen molar-refractivity contribution >= 4 is 11.6 Å². The van der Waals surface area contributed by atoms with E-state index in [1.807, 2.05) is 0 Å². The van der Waals surface area contributed by atoms with Crippen LogP contribution in [0.4, 0.5) is 0 Å². The van der Waals surface area contributed by atoms with E-state index < -0.39 is 28.4 Å². The molecule has 0 aliphatic rings. The Bertz CT molecular complexity index is 438. The third-order valence-corrected chi connectivity index (χ3v) is 2.77. The van der Waals surface area contributed by atoms with Gasteiger partial charge in [-0.2, -0.15) is 0 Å². The van der Waals surface area contributed by atoms with E-state index in [1.54, 1.807) is 18.2 Å². The predicted octanol–water partition coefficient (Wildman–Crippen LogP) is 2.37. The summed E-state index contributed by atoms with van der Waals surface area (Å²) in [7, 11) is 0. The van der Waals surface area contributed by atoms with Gasteiger partial charge in [0.1, 0.15) is 5.92 Å². The number of nitrogens with zero attached hydrogens (tertiary/aromatic N) is 2. The molecule has 0 aliphatic carbocycles. The topological polar surface area (TPSA) is 86.3 Å². The van der Waals surface area contributed by atoms with Gasteiger partial charge in [-0.15, -0.1) is 0 Å². The molecule has 1 aromatic rings. The fraction of sp³-hybridized carbons (Fsp3) is 0.400. The first-order valence-corrected chi connectivity index (χ1v) is 5.30. The summed E-state index contributed by atoms with van der Waals surface area (Å²) in [6, 6.07) is 5.34. The standard InChI is InChI=1S/C10H11ClN2O4/c1-7(13(16)17)10(6-12(14)15)8-3-2-4-9(11)5-8/h2-5,7,10H,6H2,1H3/t7-,10-/m1/s1. The molecule has 0 unspecified atom stereocenters. The van der Waals surface area contributed by atoms with Gasteiger partial charge in [-0.3, -0.25) is 20.2 Å². The van der Waals surface area contributed by atoms with Gasteiger partial charge in [0, 0.05) is 21.8 Å². The van der Waals surface area contributed by atoms with Crippen LogP contribution in [0.25, 0.3) is 0 Å². The fourth-order valence-corrected chi connectivity index (χ4v) is 1.78. The first-order valence-electron chi connectivity index (χ1n) is 4.92. The molecule has 1 aromatic carbocycles. The fourth-order valence-electron chi connectivity index (χ4n) is 1.58. The van der Waals surface area contributed by atoms with Crippen molar-refractivity contribution in [2.45, 2.75) is 18.9 Å². The zero-order valence-corrected chi connectivity index (χ0v) is 9.83. The first-order chi connectivity index (χ1) is 7.91. The van der Waals surface area contributed by atoms with Crippen molar-refractivity contribution in [1.29, 1.82) is 0 Å². The molecule has 7 heteroatoms. The van der Waals surface area contributed by atoms with Crippen LogP contribution < -0.4 is 0 Å². The highest BCUT2D eigenvalue weighted by molar-refractivity contribution is 6.30. The normalized spacial score (nSPS) is 14.0. The second-order valence-electron chi connectivity index (χ2n) is 3.70. The van der Waals surface area contributed by atoms with Crippen LogP contribution in [-0.4, -0.2) is 22.4 Å². The van der Waals surface area contributed by atoms with E-state index in [4.69, 9.17) is 11.6 Å². The Labute approximate surface area is 103 Å². The summed E-state index contributed by atoms with van der Waals surface area (Å²) in [5.74, 6) is -0.779. The summed E-state index contributed by atoms with van der Waals surface area (Å²) < 4.78 is 0. The SMILES string of the molecule is C[C@H]([C@@H](C[N+](=O)[O-])c1cccc(Cl)c1)[N+](=O)[O-]. The highest BCUT2D eigenvalue weighted by atomic mass is 35.5. The van der Waals surface area contributed by atoms with E-state index in [2.05, 4.69) is 0 Å². The molecule has 17 heavy (non-hydrogen) atoms. The largest absolute Gasteiger partial charge is 0.265 e. The third kappa shape index (κ3) is 3.67. The molecule has 0 radical (unpaired) electrons. The zero-order valence-electron chi connectivity index (χ0n) is 9.08. The van der Waals surface area contributed by atoms with E-state index in [-0.39, 0.29) is 0 Å². The maximum atomic E-state index is 10.7. The molecule has 6 nitrogen and oxygen atoms in total. The number of rotatable bonds is 5. The Hall–Kier alpha value is -1.69. The van der Waals surface area contributed by atoms with Crippen molar-refractivity contribution in [2.75, 3.05) is 6.54 Å². The van der Waals surface area contributed by atoms with Gasteiger partial charge in [-0.25, -0.2) is 0 Å². The molecular weight excluding hydrogens is 248 g/mol. The number of nitro groups is 2. The Balaban J connectivity index is 3.05. The van der Waals surface area contributed by atoms with Gasteiger partial charge in [0.05, 0.1) is 0 Å². The average molecular weight is 259 g/mol. The van der Waals surface area contributed by atoms with Crippen molar-refractivity contribution in [2.24, 2.45) is 0 Å². The second kappa shape index (κ2) is 5.58. The average Bonchev–Trinajstić information content (AvgIpc) is 2.24. The van der Waals surface area contributed by atoms with E-state index in [1.165, 1.54) is 13.0 Å². The summed E-state index contributed by atoms with van der Waals surface area (Å²) in [5.41, 5.74) is 0.512. The molecular formula is C10H11ClN2O4. The summed E-state index contributed by atoms with van der Waals surface area (Å²) in [6.07, 6.45) is 0. The molecule has 0 bridgehead atoms. The Kier molecular flexibility index (Phi) is 4.39. The molecule has 0 saturated heterocycles. The van der Waals surface area contributed by atoms with Crippen LogP contribution in [0.1, 0.15) is 18.4 Å². The highest BCUT2D eigenvalue weighted by Gasteiger charge is 2.32. The summed E-state index contributed by atoms with van der Waals surface area (Å²) in [5, 5.41) is 21.7. The predicted molar refractivity (Wildman–Crippen MR) is 62.5 cm³/mol. The van der Waals surface area contributed by atoms with Crippen molar-refractivity contribution in [3.05, 3.63) is 55.1 Å². The second-order valence-corrected chi connectivity index (χ2v) is 4.14. The van der Waals surface area contributed by atoms with Gasteiger partial charge in [-0.05, 0) is 17.7 Å². The van der Waals surface area contributed by atoms with Gasteiger partial charge in [0.25, 0.3) is 0 Å². The third-order valence-electron chi connectivity index (χ3n) is 2.54. The Morgan fingerprint density at radius 1 is 1.35 bits per heavy atom. The lowest BCUT2D eigenvalue weighted by molar-refractivity contribution is -0.543. The molecule has 0 spiro atoms. The first kappa shape index (κ1) is 13.4. The van der Waals surface area contributed by atoms with Crippen LogP contribution in [0.5, 0.6) is 0 Å². The number of halogens is 1. The number of benzene rings is 1. The zero-order chi connectivity index (χ0) is 13.0. The van der Waals surface area contributed by atoms with Crippen LogP contribution in [0, 0.1) is 20.2 Å². The van der Waals surface area contributed by atoms with Crippen LogP contribution >= 0.6 is 11.6 Å². The maximum absolute atomic E-state index is 10.7. The molecule has 0 heterocycles. The Morgan fingerprint density at radius 2 is 2.00 bits per heavy atom. The molecule has 0 saturated carbocycles. The lowest BCUT2D eigenvalue weighted by Crippen LogP contribution is -2.29. The van der Waals surface area contributed by atoms with E-state index in [9.17, 15) is 20.2 Å². The highest BCUT2D eigenvalue weighted by Crippen LogP contribution is 2.24. The lowest BCUT2D eigenvalue weighted by atomic mass is 9.93. The minimum atomic E-state index is -1.03. The minimum Gasteiger partial charge on any atom is -0.265 e. The van der Waals surface area contributed by atoms with E-state index >= 15 is 0 Å². The van der Waals surface area contributed by atoms with Gasteiger partial charge >= 0.3 is 0 Å². The van der Waals surface area contributed by atoms with Gasteiger partial charge in [0.15, 0.2) is 0 Å². The monoisotopic (exact) mass is 258 g/mol. The van der Waals surface area contributed by atoms with Crippen molar-refractivity contribution in [3.8, 4) is 0 Å². The van der Waals surface area contributed by atoms with Crippen molar-refractivity contribution < 1.29 is 9.85 Å². The number of hydrogen-bond donors (Lipinski definition) is 0. The number of hydrogen-bond acceptors (Lipinski definition) is 4. The quantitative estimate of drug-likeness (QED) is 0.599. The molecule has 0 aliphatic heterocycles. The minimum absolute atomic E-state index is 0.409. The van der Waals surface area contributed by atoms with E-state index in [0.717, 1.165) is 0 Å². The molecule has 0 aromatic heterocycles. The van der Waals surface area contributed by atoms with Crippen molar-refractivity contribution in [1.82, 2.24) is 0 Å². The maximum Gasteiger partial charge on any atom is 0.223 e. The molecule has 0 fully saturated rings. The van der Waals surface area contributed by atoms with Crippen LogP contribution in [0.3, 0.4) is 0 Å². The molecule has 0 amide bonds. The van der Waals surface area contributed by atoms with E-state index in [0.29, 0.717) is 10.6 Å². The van der Waals surface area contributed by atoms with Gasteiger partial charge in [-0.1, -0.05) is 23.7 Å². The summed E-state index contributed by atoms with van der Waals surface area (Å²) in [6.45, 7) is 0.873. The van der Waals surface area contributed by atoms with Crippen LogP contribution in [0.2, 0.25) is 5.02 Å². The van der Waals surface area contributed by atoms with Crippen LogP contribution in [0.15, 0.2) is 24.3 Å². The molecule has 0 N–H and O–H groups in total. The van der Waals surface area contributed by atoms with Gasteiger partial charge < -0.3 is 0 Å².